The zero-order valence-corrected chi connectivity index (χ0v) is 9.95. The highest BCUT2D eigenvalue weighted by Gasteiger charge is 2.27. The Bertz CT molecular complexity index is 314. The van der Waals surface area contributed by atoms with Crippen molar-refractivity contribution >= 4 is 11.3 Å². The zero-order valence-electron chi connectivity index (χ0n) is 9.13. The summed E-state index contributed by atoms with van der Waals surface area (Å²) in [6.45, 7) is 6.51. The van der Waals surface area contributed by atoms with Crippen LogP contribution in [0.15, 0.2) is 0 Å². The SMILES string of the molecule is CC(C)(C)C(N)c1nc2c(s1)CCC2. The van der Waals surface area contributed by atoms with E-state index in [-0.39, 0.29) is 11.5 Å². The summed E-state index contributed by atoms with van der Waals surface area (Å²) in [6, 6.07) is 0.0816. The van der Waals surface area contributed by atoms with Gasteiger partial charge in [0.15, 0.2) is 0 Å². The molecule has 0 radical (unpaired) electrons. The van der Waals surface area contributed by atoms with Crippen molar-refractivity contribution in [2.45, 2.75) is 46.1 Å². The van der Waals surface area contributed by atoms with Crippen LogP contribution in [-0.4, -0.2) is 4.98 Å². The molecule has 1 heterocycles. The summed E-state index contributed by atoms with van der Waals surface area (Å²) in [5.74, 6) is 0. The van der Waals surface area contributed by atoms with E-state index in [1.54, 1.807) is 0 Å². The summed E-state index contributed by atoms with van der Waals surface area (Å²) in [5, 5.41) is 1.13. The van der Waals surface area contributed by atoms with Gasteiger partial charge < -0.3 is 5.73 Å². The van der Waals surface area contributed by atoms with Crippen LogP contribution < -0.4 is 5.73 Å². The minimum atomic E-state index is 0.0816. The Morgan fingerprint density at radius 3 is 2.64 bits per heavy atom. The lowest BCUT2D eigenvalue weighted by Crippen LogP contribution is -2.26. The Hall–Kier alpha value is -0.410. The maximum absolute atomic E-state index is 6.18. The summed E-state index contributed by atoms with van der Waals surface area (Å²) >= 11 is 1.82. The minimum Gasteiger partial charge on any atom is -0.322 e. The van der Waals surface area contributed by atoms with Gasteiger partial charge in [-0.25, -0.2) is 4.98 Å². The van der Waals surface area contributed by atoms with Crippen LogP contribution in [0.3, 0.4) is 0 Å². The Balaban J connectivity index is 2.25. The second-order valence-electron chi connectivity index (χ2n) is 5.12. The van der Waals surface area contributed by atoms with Crippen LogP contribution in [0.25, 0.3) is 0 Å². The van der Waals surface area contributed by atoms with E-state index in [9.17, 15) is 0 Å². The highest BCUT2D eigenvalue weighted by molar-refractivity contribution is 7.11. The fourth-order valence-electron chi connectivity index (χ4n) is 1.71. The van der Waals surface area contributed by atoms with Crippen molar-refractivity contribution in [3.05, 3.63) is 15.6 Å². The molecule has 0 bridgehead atoms. The van der Waals surface area contributed by atoms with E-state index < -0.39 is 0 Å². The fourth-order valence-corrected chi connectivity index (χ4v) is 3.11. The lowest BCUT2D eigenvalue weighted by atomic mass is 9.88. The number of hydrogen-bond acceptors (Lipinski definition) is 3. The van der Waals surface area contributed by atoms with Crippen molar-refractivity contribution in [2.24, 2.45) is 11.1 Å². The molecular formula is C11H18N2S. The van der Waals surface area contributed by atoms with E-state index in [1.807, 2.05) is 11.3 Å². The number of fused-ring (bicyclic) bond motifs is 1. The van der Waals surface area contributed by atoms with Gasteiger partial charge in [-0.05, 0) is 24.7 Å². The molecule has 0 amide bonds. The highest BCUT2D eigenvalue weighted by Crippen LogP contribution is 2.36. The summed E-state index contributed by atoms with van der Waals surface area (Å²) in [6.07, 6.45) is 3.64. The van der Waals surface area contributed by atoms with E-state index in [1.165, 1.54) is 23.4 Å². The lowest BCUT2D eigenvalue weighted by molar-refractivity contribution is 0.326. The molecule has 2 N–H and O–H groups in total. The molecule has 0 saturated carbocycles. The Labute approximate surface area is 89.5 Å². The van der Waals surface area contributed by atoms with E-state index in [4.69, 9.17) is 5.73 Å². The molecule has 1 aliphatic carbocycles. The third-order valence-corrected chi connectivity index (χ3v) is 4.05. The molecule has 2 rings (SSSR count). The predicted molar refractivity (Wildman–Crippen MR) is 60.5 cm³/mol. The van der Waals surface area contributed by atoms with E-state index >= 15 is 0 Å². The second-order valence-corrected chi connectivity index (χ2v) is 6.23. The number of hydrogen-bond donors (Lipinski definition) is 1. The highest BCUT2D eigenvalue weighted by atomic mass is 32.1. The van der Waals surface area contributed by atoms with Gasteiger partial charge in [0.05, 0.1) is 11.7 Å². The van der Waals surface area contributed by atoms with Gasteiger partial charge in [-0.1, -0.05) is 20.8 Å². The van der Waals surface area contributed by atoms with Gasteiger partial charge in [-0.15, -0.1) is 11.3 Å². The third kappa shape index (κ3) is 1.71. The summed E-state index contributed by atoms with van der Waals surface area (Å²) in [5.41, 5.74) is 7.61. The number of rotatable bonds is 1. The molecule has 0 saturated heterocycles. The van der Waals surface area contributed by atoms with Crippen molar-refractivity contribution in [3.63, 3.8) is 0 Å². The first-order valence-electron chi connectivity index (χ1n) is 5.22. The smallest absolute Gasteiger partial charge is 0.110 e. The largest absolute Gasteiger partial charge is 0.322 e. The van der Waals surface area contributed by atoms with Gasteiger partial charge in [0.25, 0.3) is 0 Å². The number of nitrogens with two attached hydrogens (primary N) is 1. The summed E-state index contributed by atoms with van der Waals surface area (Å²) in [7, 11) is 0. The quantitative estimate of drug-likeness (QED) is 0.774. The van der Waals surface area contributed by atoms with Crippen molar-refractivity contribution < 1.29 is 0 Å². The van der Waals surface area contributed by atoms with Crippen LogP contribution in [0.2, 0.25) is 0 Å². The fraction of sp³-hybridized carbons (Fsp3) is 0.727. The van der Waals surface area contributed by atoms with Crippen LogP contribution >= 0.6 is 11.3 Å². The first kappa shape index (κ1) is 10.1. The molecule has 0 spiro atoms. The minimum absolute atomic E-state index is 0.0816. The van der Waals surface area contributed by atoms with Gasteiger partial charge in [0.1, 0.15) is 5.01 Å². The maximum Gasteiger partial charge on any atom is 0.110 e. The van der Waals surface area contributed by atoms with Crippen LogP contribution in [-0.2, 0) is 12.8 Å². The molecule has 14 heavy (non-hydrogen) atoms. The number of aromatic nitrogens is 1. The number of thiazole rings is 1. The normalized spacial score (nSPS) is 18.3. The first-order chi connectivity index (χ1) is 6.48. The average molecular weight is 210 g/mol. The van der Waals surface area contributed by atoms with Gasteiger partial charge >= 0.3 is 0 Å². The molecule has 1 aromatic rings. The van der Waals surface area contributed by atoms with Gasteiger partial charge in [-0.3, -0.25) is 0 Å². The molecule has 0 aliphatic heterocycles. The van der Waals surface area contributed by atoms with E-state index in [2.05, 4.69) is 25.8 Å². The maximum atomic E-state index is 6.18. The van der Waals surface area contributed by atoms with Crippen LogP contribution in [0.5, 0.6) is 0 Å². The van der Waals surface area contributed by atoms with E-state index in [0.29, 0.717) is 0 Å². The molecular weight excluding hydrogens is 192 g/mol. The molecule has 1 atom stereocenters. The molecule has 3 heteroatoms. The Kier molecular flexibility index (Phi) is 2.40. The van der Waals surface area contributed by atoms with Crippen molar-refractivity contribution in [3.8, 4) is 0 Å². The van der Waals surface area contributed by atoms with Crippen molar-refractivity contribution in [1.82, 2.24) is 4.98 Å². The van der Waals surface area contributed by atoms with E-state index in [0.717, 1.165) is 11.4 Å². The second kappa shape index (κ2) is 3.31. The predicted octanol–water partition coefficient (Wildman–Crippen LogP) is 2.68. The van der Waals surface area contributed by atoms with Gasteiger partial charge in [0, 0.05) is 4.88 Å². The lowest BCUT2D eigenvalue weighted by Gasteiger charge is -2.24. The molecule has 1 unspecified atom stereocenters. The van der Waals surface area contributed by atoms with Crippen LogP contribution in [0.4, 0.5) is 0 Å². The molecule has 0 aromatic carbocycles. The van der Waals surface area contributed by atoms with Crippen LogP contribution in [0.1, 0.15) is 48.8 Å². The molecule has 0 fully saturated rings. The zero-order chi connectivity index (χ0) is 10.3. The monoisotopic (exact) mass is 210 g/mol. The van der Waals surface area contributed by atoms with Crippen molar-refractivity contribution in [1.29, 1.82) is 0 Å². The number of nitrogens with zero attached hydrogens (tertiary/aromatic N) is 1. The average Bonchev–Trinajstić information content (AvgIpc) is 2.58. The molecule has 2 nitrogen and oxygen atoms in total. The standard InChI is InChI=1S/C11H18N2S/c1-11(2,3)9(12)10-13-7-5-4-6-8(7)14-10/h9H,4-6,12H2,1-3H3. The summed E-state index contributed by atoms with van der Waals surface area (Å²) in [4.78, 5) is 6.12. The van der Waals surface area contributed by atoms with Gasteiger partial charge in [-0.2, -0.15) is 0 Å². The molecule has 78 valence electrons. The third-order valence-electron chi connectivity index (χ3n) is 2.81. The molecule has 1 aliphatic rings. The number of aryl methyl sites for hydroxylation is 2. The van der Waals surface area contributed by atoms with Crippen LogP contribution in [0, 0.1) is 5.41 Å². The molecule has 1 aromatic heterocycles. The summed E-state index contributed by atoms with van der Waals surface area (Å²) < 4.78 is 0. The topological polar surface area (TPSA) is 38.9 Å². The Morgan fingerprint density at radius 1 is 1.36 bits per heavy atom. The Morgan fingerprint density at radius 2 is 2.07 bits per heavy atom. The first-order valence-corrected chi connectivity index (χ1v) is 6.04. The van der Waals surface area contributed by atoms with Gasteiger partial charge in [0.2, 0.25) is 0 Å². The van der Waals surface area contributed by atoms with Crippen molar-refractivity contribution in [2.75, 3.05) is 0 Å².